The van der Waals surface area contributed by atoms with Crippen LogP contribution in [0.4, 0.5) is 4.79 Å². The van der Waals surface area contributed by atoms with Crippen molar-refractivity contribution >= 4 is 6.09 Å². The number of hydrogen-bond acceptors (Lipinski definition) is 3. The van der Waals surface area contributed by atoms with E-state index in [4.69, 9.17) is 10.00 Å². The lowest BCUT2D eigenvalue weighted by Gasteiger charge is -2.32. The lowest BCUT2D eigenvalue weighted by molar-refractivity contribution is 0.0185. The topological polar surface area (TPSA) is 53.3 Å². The Bertz CT molecular complexity index is 280. The van der Waals surface area contributed by atoms with E-state index in [1.165, 1.54) is 0 Å². The van der Waals surface area contributed by atoms with Gasteiger partial charge in [-0.05, 0) is 39.5 Å². The van der Waals surface area contributed by atoms with Gasteiger partial charge in [0.15, 0.2) is 0 Å². The molecule has 16 heavy (non-hydrogen) atoms. The standard InChI is InChI=1S/C12H20N2O2/c1-12(2,3)16-11(15)14-8-5-10(4-7-13)6-9-14/h10H,4-6,8-9H2,1-3H3/i7+1. The lowest BCUT2D eigenvalue weighted by Crippen LogP contribution is -2.41. The van der Waals surface area contributed by atoms with Gasteiger partial charge in [-0.2, -0.15) is 5.26 Å². The smallest absolute Gasteiger partial charge is 0.410 e. The Morgan fingerprint density at radius 2 is 2.00 bits per heavy atom. The molecule has 1 aliphatic heterocycles. The van der Waals surface area contributed by atoms with Crippen LogP contribution in [0.2, 0.25) is 0 Å². The van der Waals surface area contributed by atoms with Crippen molar-refractivity contribution in [2.75, 3.05) is 13.1 Å². The maximum absolute atomic E-state index is 11.7. The van der Waals surface area contributed by atoms with Crippen molar-refractivity contribution in [3.63, 3.8) is 0 Å². The van der Waals surface area contributed by atoms with Crippen molar-refractivity contribution in [1.29, 1.82) is 5.26 Å². The van der Waals surface area contributed by atoms with E-state index in [9.17, 15) is 4.79 Å². The number of nitriles is 1. The molecule has 0 atom stereocenters. The maximum atomic E-state index is 11.7. The highest BCUT2D eigenvalue weighted by atomic mass is 16.6. The molecule has 1 rings (SSSR count). The molecular weight excluding hydrogens is 205 g/mol. The van der Waals surface area contributed by atoms with Crippen molar-refractivity contribution in [2.45, 2.75) is 45.6 Å². The SMILES string of the molecule is CC(C)(C)OC(=O)N1CCC(C[13C]#N)CC1. The van der Waals surface area contributed by atoms with Gasteiger partial charge >= 0.3 is 6.09 Å². The average molecular weight is 225 g/mol. The normalized spacial score (nSPS) is 18.0. The second-order valence-electron chi connectivity index (χ2n) is 5.27. The summed E-state index contributed by atoms with van der Waals surface area (Å²) in [7, 11) is 0. The predicted molar refractivity (Wildman–Crippen MR) is 60.8 cm³/mol. The lowest BCUT2D eigenvalue weighted by atomic mass is 9.96. The van der Waals surface area contributed by atoms with E-state index < -0.39 is 5.60 Å². The third kappa shape index (κ3) is 4.09. The zero-order chi connectivity index (χ0) is 12.2. The number of carbonyl (C=O) groups excluding carboxylic acids is 1. The van der Waals surface area contributed by atoms with Crippen LogP contribution < -0.4 is 0 Å². The Hall–Kier alpha value is -1.24. The molecule has 0 radical (unpaired) electrons. The molecule has 0 unspecified atom stereocenters. The molecule has 0 aromatic carbocycles. The second-order valence-corrected chi connectivity index (χ2v) is 5.27. The van der Waals surface area contributed by atoms with Crippen LogP contribution in [0, 0.1) is 17.2 Å². The highest BCUT2D eigenvalue weighted by Crippen LogP contribution is 2.21. The Labute approximate surface area is 97.2 Å². The van der Waals surface area contributed by atoms with E-state index in [0.717, 1.165) is 12.8 Å². The van der Waals surface area contributed by atoms with Crippen molar-refractivity contribution in [2.24, 2.45) is 5.92 Å². The predicted octanol–water partition coefficient (Wildman–Crippen LogP) is 2.55. The minimum Gasteiger partial charge on any atom is -0.444 e. The van der Waals surface area contributed by atoms with Gasteiger partial charge in [0, 0.05) is 19.5 Å². The Morgan fingerprint density at radius 1 is 1.44 bits per heavy atom. The van der Waals surface area contributed by atoms with Gasteiger partial charge in [-0.25, -0.2) is 4.79 Å². The number of rotatable bonds is 1. The first-order valence-electron chi connectivity index (χ1n) is 5.77. The molecule has 1 amide bonds. The summed E-state index contributed by atoms with van der Waals surface area (Å²) >= 11 is 0. The fourth-order valence-electron chi connectivity index (χ4n) is 1.78. The first kappa shape index (κ1) is 12.8. The molecule has 0 N–H and O–H groups in total. The molecule has 4 heteroatoms. The fraction of sp³-hybridized carbons (Fsp3) is 0.833. The summed E-state index contributed by atoms with van der Waals surface area (Å²) in [5, 5.41) is 8.59. The first-order valence-corrected chi connectivity index (χ1v) is 5.77. The Morgan fingerprint density at radius 3 is 2.44 bits per heavy atom. The monoisotopic (exact) mass is 225 g/mol. The van der Waals surface area contributed by atoms with Crippen LogP contribution in [0.5, 0.6) is 0 Å². The number of piperidine rings is 1. The molecule has 0 aromatic rings. The fourth-order valence-corrected chi connectivity index (χ4v) is 1.78. The number of amides is 1. The highest BCUT2D eigenvalue weighted by molar-refractivity contribution is 5.68. The zero-order valence-corrected chi connectivity index (χ0v) is 10.3. The zero-order valence-electron chi connectivity index (χ0n) is 10.3. The quantitative estimate of drug-likeness (QED) is 0.644. The van der Waals surface area contributed by atoms with Gasteiger partial charge < -0.3 is 9.64 Å². The number of hydrogen-bond donors (Lipinski definition) is 0. The minimum absolute atomic E-state index is 0.233. The molecule has 0 bridgehead atoms. The van der Waals surface area contributed by atoms with E-state index in [1.54, 1.807) is 4.90 Å². The van der Waals surface area contributed by atoms with Crippen LogP contribution in [0.15, 0.2) is 0 Å². The minimum atomic E-state index is -0.430. The molecule has 0 spiro atoms. The van der Waals surface area contributed by atoms with Crippen molar-refractivity contribution in [3.8, 4) is 6.07 Å². The number of carbonyl (C=O) groups is 1. The van der Waals surface area contributed by atoms with E-state index in [-0.39, 0.29) is 6.09 Å². The third-order valence-corrected chi connectivity index (χ3v) is 2.65. The molecule has 90 valence electrons. The Kier molecular flexibility index (Phi) is 4.17. The van der Waals surface area contributed by atoms with Crippen molar-refractivity contribution in [3.05, 3.63) is 0 Å². The van der Waals surface area contributed by atoms with Crippen molar-refractivity contribution < 1.29 is 9.53 Å². The van der Waals surface area contributed by atoms with Crippen molar-refractivity contribution in [1.82, 2.24) is 4.90 Å². The molecule has 1 aliphatic rings. The van der Waals surface area contributed by atoms with E-state index in [0.29, 0.717) is 25.4 Å². The number of likely N-dealkylation sites (tertiary alicyclic amines) is 1. The van der Waals surface area contributed by atoms with Crippen LogP contribution in [-0.2, 0) is 4.74 Å². The molecule has 0 aliphatic carbocycles. The molecule has 1 fully saturated rings. The molecule has 0 aromatic heterocycles. The summed E-state index contributed by atoms with van der Waals surface area (Å²) < 4.78 is 5.29. The van der Waals surface area contributed by atoms with Crippen LogP contribution in [0.1, 0.15) is 40.0 Å². The van der Waals surface area contributed by atoms with Crippen LogP contribution in [0.25, 0.3) is 0 Å². The maximum Gasteiger partial charge on any atom is 0.410 e. The van der Waals surface area contributed by atoms with Crippen LogP contribution in [0.3, 0.4) is 0 Å². The van der Waals surface area contributed by atoms with Gasteiger partial charge in [-0.15, -0.1) is 0 Å². The van der Waals surface area contributed by atoms with E-state index in [2.05, 4.69) is 6.07 Å². The van der Waals surface area contributed by atoms with Gasteiger partial charge in [-0.1, -0.05) is 0 Å². The molecule has 0 saturated carbocycles. The van der Waals surface area contributed by atoms with E-state index in [1.807, 2.05) is 20.8 Å². The number of ether oxygens (including phenoxy) is 1. The van der Waals surface area contributed by atoms with Gasteiger partial charge in [0.25, 0.3) is 0 Å². The molecular formula is C12H20N2O2. The van der Waals surface area contributed by atoms with Gasteiger partial charge in [0.05, 0.1) is 6.07 Å². The largest absolute Gasteiger partial charge is 0.444 e. The Balaban J connectivity index is 2.37. The average Bonchev–Trinajstić information content (AvgIpc) is 2.16. The van der Waals surface area contributed by atoms with Gasteiger partial charge in [0.1, 0.15) is 5.60 Å². The molecule has 4 nitrogen and oxygen atoms in total. The summed E-state index contributed by atoms with van der Waals surface area (Å²) in [6.07, 6.45) is 2.18. The number of nitrogens with zero attached hydrogens (tertiary/aromatic N) is 2. The highest BCUT2D eigenvalue weighted by Gasteiger charge is 2.26. The summed E-state index contributed by atoms with van der Waals surface area (Å²) in [5.74, 6) is 0.448. The first-order chi connectivity index (χ1) is 7.42. The van der Waals surface area contributed by atoms with Crippen LogP contribution >= 0.6 is 0 Å². The summed E-state index contributed by atoms with van der Waals surface area (Å²) in [6, 6.07) is 2.19. The van der Waals surface area contributed by atoms with E-state index >= 15 is 0 Å². The summed E-state index contributed by atoms with van der Waals surface area (Å²) in [4.78, 5) is 13.5. The molecule has 1 saturated heterocycles. The van der Waals surface area contributed by atoms with Gasteiger partial charge in [-0.3, -0.25) is 0 Å². The second kappa shape index (κ2) is 5.20. The van der Waals surface area contributed by atoms with Gasteiger partial charge in [0.2, 0.25) is 0 Å². The summed E-state index contributed by atoms with van der Waals surface area (Å²) in [5.41, 5.74) is -0.430. The van der Waals surface area contributed by atoms with Crippen LogP contribution in [-0.4, -0.2) is 29.7 Å². The molecule has 1 heterocycles. The summed E-state index contributed by atoms with van der Waals surface area (Å²) in [6.45, 7) is 7.02. The third-order valence-electron chi connectivity index (χ3n) is 2.65.